The number of hydrogen-bond acceptors (Lipinski definition) is 4. The molecule has 2 fully saturated rings. The number of amides is 2. The van der Waals surface area contributed by atoms with Crippen LogP contribution in [0.4, 0.5) is 0 Å². The van der Waals surface area contributed by atoms with Crippen molar-refractivity contribution in [2.24, 2.45) is 16.6 Å². The van der Waals surface area contributed by atoms with Crippen LogP contribution in [0.2, 0.25) is 0 Å². The van der Waals surface area contributed by atoms with Crippen molar-refractivity contribution < 1.29 is 14.3 Å². The van der Waals surface area contributed by atoms with Crippen molar-refractivity contribution in [2.75, 3.05) is 45.9 Å². The van der Waals surface area contributed by atoms with Gasteiger partial charge in [-0.1, -0.05) is 20.8 Å². The SMILES string of the molecule is CC(C)(C)C(=O)N1CCN(C(=O)C2(CN)CCOCC2)CC1.Cl. The van der Waals surface area contributed by atoms with Gasteiger partial charge in [-0.3, -0.25) is 9.59 Å². The Morgan fingerprint density at radius 3 is 1.96 bits per heavy atom. The van der Waals surface area contributed by atoms with Gasteiger partial charge in [-0.2, -0.15) is 0 Å². The van der Waals surface area contributed by atoms with Gasteiger partial charge < -0.3 is 20.3 Å². The zero-order valence-electron chi connectivity index (χ0n) is 14.5. The minimum Gasteiger partial charge on any atom is -0.381 e. The number of ether oxygens (including phenoxy) is 1. The highest BCUT2D eigenvalue weighted by Crippen LogP contribution is 2.32. The van der Waals surface area contributed by atoms with Gasteiger partial charge in [0.05, 0.1) is 5.41 Å². The van der Waals surface area contributed by atoms with Crippen molar-refractivity contribution >= 4 is 24.2 Å². The first-order valence-electron chi connectivity index (χ1n) is 8.17. The predicted molar refractivity (Wildman–Crippen MR) is 91.4 cm³/mol. The van der Waals surface area contributed by atoms with Crippen molar-refractivity contribution in [3.63, 3.8) is 0 Å². The van der Waals surface area contributed by atoms with Gasteiger partial charge in [-0.05, 0) is 12.8 Å². The molecule has 2 N–H and O–H groups in total. The lowest BCUT2D eigenvalue weighted by molar-refractivity contribution is -0.153. The molecule has 6 nitrogen and oxygen atoms in total. The Kier molecular flexibility index (Phi) is 6.86. The van der Waals surface area contributed by atoms with Gasteiger partial charge in [-0.25, -0.2) is 0 Å². The topological polar surface area (TPSA) is 75.9 Å². The van der Waals surface area contributed by atoms with Gasteiger partial charge in [0.15, 0.2) is 0 Å². The Bertz CT molecular complexity index is 423. The molecule has 23 heavy (non-hydrogen) atoms. The Balaban J connectivity index is 0.00000264. The molecule has 2 aliphatic heterocycles. The van der Waals surface area contributed by atoms with Gasteiger partial charge in [0.1, 0.15) is 0 Å². The molecule has 0 spiro atoms. The normalized spacial score (nSPS) is 21.6. The summed E-state index contributed by atoms with van der Waals surface area (Å²) in [5.41, 5.74) is 5.08. The van der Waals surface area contributed by atoms with Crippen LogP contribution in [0, 0.1) is 10.8 Å². The molecule has 2 aliphatic rings. The van der Waals surface area contributed by atoms with Crippen LogP contribution in [0.1, 0.15) is 33.6 Å². The molecule has 7 heteroatoms. The van der Waals surface area contributed by atoms with E-state index < -0.39 is 5.41 Å². The molecule has 0 radical (unpaired) electrons. The number of nitrogens with two attached hydrogens (primary N) is 1. The molecule has 2 rings (SSSR count). The fourth-order valence-electron chi connectivity index (χ4n) is 3.19. The molecule has 0 aliphatic carbocycles. The standard InChI is InChI=1S/C16H29N3O3.ClH/c1-15(2,3)13(20)18-6-8-19(9-7-18)14(21)16(12-17)4-10-22-11-5-16;/h4-12,17H2,1-3H3;1H. The summed E-state index contributed by atoms with van der Waals surface area (Å²) in [6.45, 7) is 9.78. The van der Waals surface area contributed by atoms with Crippen LogP contribution >= 0.6 is 12.4 Å². The van der Waals surface area contributed by atoms with E-state index in [2.05, 4.69) is 0 Å². The van der Waals surface area contributed by atoms with Crippen molar-refractivity contribution in [3.05, 3.63) is 0 Å². The Morgan fingerprint density at radius 1 is 1.04 bits per heavy atom. The Labute approximate surface area is 145 Å². The van der Waals surface area contributed by atoms with Gasteiger partial charge in [0.25, 0.3) is 0 Å². The van der Waals surface area contributed by atoms with E-state index >= 15 is 0 Å². The monoisotopic (exact) mass is 347 g/mol. The molecule has 134 valence electrons. The van der Waals surface area contributed by atoms with E-state index in [0.717, 1.165) is 0 Å². The summed E-state index contributed by atoms with van der Waals surface area (Å²) >= 11 is 0. The molecule has 2 heterocycles. The summed E-state index contributed by atoms with van der Waals surface area (Å²) in [6.07, 6.45) is 1.40. The summed E-state index contributed by atoms with van der Waals surface area (Å²) in [6, 6.07) is 0. The second kappa shape index (κ2) is 7.81. The average Bonchev–Trinajstić information content (AvgIpc) is 2.53. The number of halogens is 1. The molecule has 0 saturated carbocycles. The zero-order valence-corrected chi connectivity index (χ0v) is 15.3. The fourth-order valence-corrected chi connectivity index (χ4v) is 3.19. The van der Waals surface area contributed by atoms with Crippen LogP contribution in [0.3, 0.4) is 0 Å². The molecule has 0 aromatic heterocycles. The molecule has 0 bridgehead atoms. The number of carbonyl (C=O) groups excluding carboxylic acids is 2. The molecular formula is C16H30ClN3O3. The first kappa shape index (κ1) is 20.2. The predicted octanol–water partition coefficient (Wildman–Crippen LogP) is 0.881. The molecular weight excluding hydrogens is 318 g/mol. The average molecular weight is 348 g/mol. The van der Waals surface area contributed by atoms with E-state index in [1.54, 1.807) is 0 Å². The van der Waals surface area contributed by atoms with Crippen LogP contribution in [0.25, 0.3) is 0 Å². The maximum atomic E-state index is 12.9. The summed E-state index contributed by atoms with van der Waals surface area (Å²) in [7, 11) is 0. The highest BCUT2D eigenvalue weighted by atomic mass is 35.5. The highest BCUT2D eigenvalue weighted by Gasteiger charge is 2.42. The minimum absolute atomic E-state index is 0. The van der Waals surface area contributed by atoms with Crippen LogP contribution in [-0.4, -0.2) is 67.6 Å². The van der Waals surface area contributed by atoms with Gasteiger partial charge in [0.2, 0.25) is 11.8 Å². The third kappa shape index (κ3) is 4.37. The van der Waals surface area contributed by atoms with E-state index in [1.807, 2.05) is 30.6 Å². The first-order chi connectivity index (χ1) is 10.3. The number of rotatable bonds is 2. The minimum atomic E-state index is -0.464. The van der Waals surface area contributed by atoms with E-state index in [-0.39, 0.29) is 29.6 Å². The van der Waals surface area contributed by atoms with Crippen molar-refractivity contribution in [2.45, 2.75) is 33.6 Å². The van der Waals surface area contributed by atoms with E-state index in [4.69, 9.17) is 10.5 Å². The summed E-state index contributed by atoms with van der Waals surface area (Å²) in [5.74, 6) is 0.292. The summed E-state index contributed by atoms with van der Waals surface area (Å²) in [4.78, 5) is 28.9. The summed E-state index contributed by atoms with van der Waals surface area (Å²) in [5, 5.41) is 0. The number of nitrogens with zero attached hydrogens (tertiary/aromatic N) is 2. The molecule has 0 aromatic carbocycles. The smallest absolute Gasteiger partial charge is 0.230 e. The van der Waals surface area contributed by atoms with Crippen LogP contribution in [0.15, 0.2) is 0 Å². The third-order valence-corrected chi connectivity index (χ3v) is 4.79. The molecule has 0 aromatic rings. The first-order valence-corrected chi connectivity index (χ1v) is 8.17. The highest BCUT2D eigenvalue weighted by molar-refractivity contribution is 5.85. The molecule has 2 saturated heterocycles. The van der Waals surface area contributed by atoms with Gasteiger partial charge in [-0.15, -0.1) is 12.4 Å². The van der Waals surface area contributed by atoms with Crippen molar-refractivity contribution in [3.8, 4) is 0 Å². The van der Waals surface area contributed by atoms with Gasteiger partial charge >= 0.3 is 0 Å². The quantitative estimate of drug-likeness (QED) is 0.804. The maximum absolute atomic E-state index is 12.9. The lowest BCUT2D eigenvalue weighted by atomic mass is 9.78. The third-order valence-electron chi connectivity index (χ3n) is 4.79. The van der Waals surface area contributed by atoms with Gasteiger partial charge in [0, 0.05) is 51.4 Å². The Hall–Kier alpha value is -0.850. The lowest BCUT2D eigenvalue weighted by Gasteiger charge is -2.43. The summed E-state index contributed by atoms with van der Waals surface area (Å²) < 4.78 is 5.37. The molecule has 0 atom stereocenters. The fraction of sp³-hybridized carbons (Fsp3) is 0.875. The van der Waals surface area contributed by atoms with Crippen LogP contribution in [0.5, 0.6) is 0 Å². The molecule has 0 unspecified atom stereocenters. The van der Waals surface area contributed by atoms with E-state index in [9.17, 15) is 9.59 Å². The zero-order chi connectivity index (χ0) is 16.4. The van der Waals surface area contributed by atoms with Crippen LogP contribution in [-0.2, 0) is 14.3 Å². The van der Waals surface area contributed by atoms with Crippen molar-refractivity contribution in [1.29, 1.82) is 0 Å². The maximum Gasteiger partial charge on any atom is 0.230 e. The largest absolute Gasteiger partial charge is 0.381 e. The van der Waals surface area contributed by atoms with Crippen molar-refractivity contribution in [1.82, 2.24) is 9.80 Å². The Morgan fingerprint density at radius 2 is 1.52 bits per heavy atom. The lowest BCUT2D eigenvalue weighted by Crippen LogP contribution is -2.58. The number of carbonyl (C=O) groups is 2. The second-order valence-electron chi connectivity index (χ2n) is 7.43. The molecule has 2 amide bonds. The van der Waals surface area contributed by atoms with E-state index in [0.29, 0.717) is 58.8 Å². The van der Waals surface area contributed by atoms with E-state index in [1.165, 1.54) is 0 Å². The van der Waals surface area contributed by atoms with Crippen LogP contribution < -0.4 is 5.73 Å². The number of piperazine rings is 1. The second-order valence-corrected chi connectivity index (χ2v) is 7.43. The number of hydrogen-bond donors (Lipinski definition) is 1.